The van der Waals surface area contributed by atoms with E-state index in [2.05, 4.69) is 21.7 Å². The lowest BCUT2D eigenvalue weighted by Crippen LogP contribution is -2.48. The summed E-state index contributed by atoms with van der Waals surface area (Å²) >= 11 is 0. The molecule has 2 fully saturated rings. The Morgan fingerprint density at radius 2 is 1.81 bits per heavy atom. The number of rotatable bonds is 6. The molecule has 0 unspecified atom stereocenters. The fraction of sp³-hybridized carbons (Fsp3) is 0.667. The standard InChI is InChI=1S/C21H33N3O2/c1-22-13-15-23(16-14-22)12-10-19-5-3-4-11-24(19)21(25)17-18-6-8-20(26-2)9-7-18/h6-9,19H,3-5,10-17H2,1-2H3/t19-/m1/s1. The first-order valence-corrected chi connectivity index (χ1v) is 9.99. The van der Waals surface area contributed by atoms with Gasteiger partial charge in [0.15, 0.2) is 0 Å². The number of piperazine rings is 1. The second-order valence-corrected chi connectivity index (χ2v) is 7.70. The molecule has 1 atom stereocenters. The Morgan fingerprint density at radius 1 is 1.08 bits per heavy atom. The van der Waals surface area contributed by atoms with Crippen molar-refractivity contribution in [2.24, 2.45) is 0 Å². The third kappa shape index (κ3) is 5.21. The number of hydrogen-bond donors (Lipinski definition) is 0. The van der Waals surface area contributed by atoms with Crippen molar-refractivity contribution in [3.8, 4) is 5.75 Å². The van der Waals surface area contributed by atoms with Gasteiger partial charge in [-0.25, -0.2) is 0 Å². The van der Waals surface area contributed by atoms with Gasteiger partial charge in [0.1, 0.15) is 5.75 Å². The zero-order valence-electron chi connectivity index (χ0n) is 16.3. The summed E-state index contributed by atoms with van der Waals surface area (Å²) in [4.78, 5) is 20.0. The van der Waals surface area contributed by atoms with Crippen molar-refractivity contribution < 1.29 is 9.53 Å². The normalized spacial score (nSPS) is 22.4. The molecule has 0 radical (unpaired) electrons. The monoisotopic (exact) mass is 359 g/mol. The number of likely N-dealkylation sites (N-methyl/N-ethyl adjacent to an activating group) is 1. The lowest BCUT2D eigenvalue weighted by molar-refractivity contribution is -0.134. The van der Waals surface area contributed by atoms with E-state index in [-0.39, 0.29) is 5.91 Å². The molecule has 0 aromatic heterocycles. The highest BCUT2D eigenvalue weighted by atomic mass is 16.5. The molecule has 5 nitrogen and oxygen atoms in total. The minimum Gasteiger partial charge on any atom is -0.497 e. The van der Waals surface area contributed by atoms with E-state index in [1.54, 1.807) is 7.11 Å². The number of methoxy groups -OCH3 is 1. The van der Waals surface area contributed by atoms with E-state index in [0.717, 1.165) is 69.8 Å². The first kappa shape index (κ1) is 19.2. The fourth-order valence-electron chi connectivity index (χ4n) is 4.05. The molecule has 0 N–H and O–H groups in total. The molecule has 0 bridgehead atoms. The quantitative estimate of drug-likeness (QED) is 0.781. The molecule has 1 aromatic carbocycles. The number of carbonyl (C=O) groups excluding carboxylic acids is 1. The molecule has 0 saturated carbocycles. The van der Waals surface area contributed by atoms with Crippen molar-refractivity contribution >= 4 is 5.91 Å². The van der Waals surface area contributed by atoms with Gasteiger partial charge >= 0.3 is 0 Å². The molecule has 3 rings (SSSR count). The predicted octanol–water partition coefficient (Wildman–Crippen LogP) is 2.26. The summed E-state index contributed by atoms with van der Waals surface area (Å²) in [5, 5.41) is 0. The van der Waals surface area contributed by atoms with Gasteiger partial charge in [0, 0.05) is 45.3 Å². The molecule has 2 heterocycles. The molecule has 26 heavy (non-hydrogen) atoms. The van der Waals surface area contributed by atoms with Crippen LogP contribution in [0.4, 0.5) is 0 Å². The van der Waals surface area contributed by atoms with Crippen LogP contribution in [0.5, 0.6) is 5.75 Å². The van der Waals surface area contributed by atoms with E-state index in [1.807, 2.05) is 24.3 Å². The Kier molecular flexibility index (Phi) is 6.92. The van der Waals surface area contributed by atoms with Crippen LogP contribution in [0.15, 0.2) is 24.3 Å². The number of likely N-dealkylation sites (tertiary alicyclic amines) is 1. The molecule has 2 aliphatic rings. The molecule has 0 aliphatic carbocycles. The molecular formula is C21H33N3O2. The molecule has 2 aliphatic heterocycles. The van der Waals surface area contributed by atoms with Gasteiger partial charge in [0.2, 0.25) is 5.91 Å². The van der Waals surface area contributed by atoms with Gasteiger partial charge in [-0.05, 0) is 50.4 Å². The van der Waals surface area contributed by atoms with Crippen LogP contribution in [-0.2, 0) is 11.2 Å². The lowest BCUT2D eigenvalue weighted by atomic mass is 9.97. The van der Waals surface area contributed by atoms with Crippen LogP contribution in [0.25, 0.3) is 0 Å². The number of hydrogen-bond acceptors (Lipinski definition) is 4. The molecule has 1 aromatic rings. The van der Waals surface area contributed by atoms with Crippen LogP contribution in [0.3, 0.4) is 0 Å². The van der Waals surface area contributed by atoms with Gasteiger partial charge in [-0.1, -0.05) is 12.1 Å². The lowest BCUT2D eigenvalue weighted by Gasteiger charge is -2.38. The molecule has 5 heteroatoms. The summed E-state index contributed by atoms with van der Waals surface area (Å²) in [7, 11) is 3.86. The van der Waals surface area contributed by atoms with Gasteiger partial charge in [0.05, 0.1) is 13.5 Å². The van der Waals surface area contributed by atoms with Crippen LogP contribution in [-0.4, -0.2) is 80.1 Å². The number of benzene rings is 1. The number of nitrogens with zero attached hydrogens (tertiary/aromatic N) is 3. The number of amides is 1. The Morgan fingerprint density at radius 3 is 2.50 bits per heavy atom. The van der Waals surface area contributed by atoms with Gasteiger partial charge in [-0.3, -0.25) is 4.79 Å². The molecule has 2 saturated heterocycles. The maximum atomic E-state index is 12.9. The maximum Gasteiger partial charge on any atom is 0.227 e. The summed E-state index contributed by atoms with van der Waals surface area (Å²) in [5.41, 5.74) is 1.07. The largest absolute Gasteiger partial charge is 0.497 e. The minimum atomic E-state index is 0.276. The van der Waals surface area contributed by atoms with E-state index in [1.165, 1.54) is 6.42 Å². The molecule has 144 valence electrons. The van der Waals surface area contributed by atoms with Crippen LogP contribution < -0.4 is 4.74 Å². The molecular weight excluding hydrogens is 326 g/mol. The summed E-state index contributed by atoms with van der Waals surface area (Å²) < 4.78 is 5.20. The van der Waals surface area contributed by atoms with Crippen LogP contribution in [0, 0.1) is 0 Å². The van der Waals surface area contributed by atoms with Gasteiger partial charge in [-0.15, -0.1) is 0 Å². The Hall–Kier alpha value is -1.59. The van der Waals surface area contributed by atoms with Gasteiger partial charge < -0.3 is 19.4 Å². The van der Waals surface area contributed by atoms with E-state index >= 15 is 0 Å². The smallest absolute Gasteiger partial charge is 0.227 e. The summed E-state index contributed by atoms with van der Waals surface area (Å²) in [6, 6.07) is 8.28. The number of ether oxygens (including phenoxy) is 1. The highest BCUT2D eigenvalue weighted by Crippen LogP contribution is 2.22. The fourth-order valence-corrected chi connectivity index (χ4v) is 4.05. The highest BCUT2D eigenvalue weighted by Gasteiger charge is 2.27. The SMILES string of the molecule is COc1ccc(CC(=O)N2CCCC[C@@H]2CCN2CCN(C)CC2)cc1. The first-order valence-electron chi connectivity index (χ1n) is 9.99. The van der Waals surface area contributed by atoms with Crippen LogP contribution in [0.1, 0.15) is 31.2 Å². The minimum absolute atomic E-state index is 0.276. The van der Waals surface area contributed by atoms with E-state index in [0.29, 0.717) is 12.5 Å². The predicted molar refractivity (Wildman–Crippen MR) is 105 cm³/mol. The van der Waals surface area contributed by atoms with E-state index in [4.69, 9.17) is 4.74 Å². The average Bonchev–Trinajstić information content (AvgIpc) is 2.68. The second kappa shape index (κ2) is 9.38. The molecule has 0 spiro atoms. The van der Waals surface area contributed by atoms with Crippen molar-refractivity contribution in [3.63, 3.8) is 0 Å². The summed E-state index contributed by atoms with van der Waals surface area (Å²) in [5.74, 6) is 1.11. The molecule has 1 amide bonds. The summed E-state index contributed by atoms with van der Waals surface area (Å²) in [6.45, 7) is 6.66. The van der Waals surface area contributed by atoms with Crippen LogP contribution in [0.2, 0.25) is 0 Å². The van der Waals surface area contributed by atoms with Gasteiger partial charge in [-0.2, -0.15) is 0 Å². The number of piperidine rings is 1. The van der Waals surface area contributed by atoms with Crippen molar-refractivity contribution in [2.75, 3.05) is 53.4 Å². The third-order valence-corrected chi connectivity index (χ3v) is 5.84. The average molecular weight is 360 g/mol. The first-order chi connectivity index (χ1) is 12.7. The Balaban J connectivity index is 1.52. The topological polar surface area (TPSA) is 36.0 Å². The Bertz CT molecular complexity index is 567. The highest BCUT2D eigenvalue weighted by molar-refractivity contribution is 5.79. The zero-order valence-corrected chi connectivity index (χ0v) is 16.3. The van der Waals surface area contributed by atoms with Crippen LogP contribution >= 0.6 is 0 Å². The number of carbonyl (C=O) groups is 1. The third-order valence-electron chi connectivity index (χ3n) is 5.84. The van der Waals surface area contributed by atoms with E-state index in [9.17, 15) is 4.79 Å². The van der Waals surface area contributed by atoms with Crippen molar-refractivity contribution in [1.82, 2.24) is 14.7 Å². The van der Waals surface area contributed by atoms with Crippen molar-refractivity contribution in [3.05, 3.63) is 29.8 Å². The van der Waals surface area contributed by atoms with Crippen molar-refractivity contribution in [1.29, 1.82) is 0 Å². The van der Waals surface area contributed by atoms with Crippen molar-refractivity contribution in [2.45, 2.75) is 38.1 Å². The zero-order chi connectivity index (χ0) is 18.4. The van der Waals surface area contributed by atoms with Gasteiger partial charge in [0.25, 0.3) is 0 Å². The van der Waals surface area contributed by atoms with E-state index < -0.39 is 0 Å². The summed E-state index contributed by atoms with van der Waals surface area (Å²) in [6.07, 6.45) is 5.15. The second-order valence-electron chi connectivity index (χ2n) is 7.70. The Labute approximate surface area is 157 Å². The maximum absolute atomic E-state index is 12.9.